The van der Waals surface area contributed by atoms with Crippen LogP contribution in [0.25, 0.3) is 0 Å². The number of hydrogen-bond donors (Lipinski definition) is 1. The van der Waals surface area contributed by atoms with E-state index in [9.17, 15) is 4.79 Å². The minimum absolute atomic E-state index is 0.00130. The van der Waals surface area contributed by atoms with E-state index < -0.39 is 0 Å². The third-order valence-corrected chi connectivity index (χ3v) is 1.13. The normalized spacial score (nSPS) is 9.30. The van der Waals surface area contributed by atoms with Crippen molar-refractivity contribution in [3.8, 4) is 0 Å². The second kappa shape index (κ2) is 3.06. The Hall–Kier alpha value is -1.25. The fourth-order valence-electron chi connectivity index (χ4n) is 0.585. The first-order chi connectivity index (χ1) is 4.83. The SMILES string of the molecule is CCC(=O)Nc1ccoc1. The van der Waals surface area contributed by atoms with Gasteiger partial charge in [0.2, 0.25) is 5.91 Å². The van der Waals surface area contributed by atoms with Crippen LogP contribution in [-0.4, -0.2) is 5.91 Å². The average molecular weight is 139 g/mol. The lowest BCUT2D eigenvalue weighted by atomic mass is 10.4. The van der Waals surface area contributed by atoms with Crippen LogP contribution in [-0.2, 0) is 4.79 Å². The van der Waals surface area contributed by atoms with Crippen molar-refractivity contribution in [2.24, 2.45) is 0 Å². The maximum Gasteiger partial charge on any atom is 0.224 e. The molecule has 0 aliphatic carbocycles. The third-order valence-electron chi connectivity index (χ3n) is 1.13. The van der Waals surface area contributed by atoms with Crippen LogP contribution < -0.4 is 5.32 Å². The molecule has 0 saturated heterocycles. The topological polar surface area (TPSA) is 42.2 Å². The van der Waals surface area contributed by atoms with E-state index in [2.05, 4.69) is 5.32 Å². The number of hydrogen-bond acceptors (Lipinski definition) is 2. The zero-order chi connectivity index (χ0) is 7.40. The van der Waals surface area contributed by atoms with Crippen LogP contribution in [0.3, 0.4) is 0 Å². The Morgan fingerprint density at radius 2 is 2.60 bits per heavy atom. The Balaban J connectivity index is 2.48. The zero-order valence-corrected chi connectivity index (χ0v) is 5.76. The summed E-state index contributed by atoms with van der Waals surface area (Å²) in [5.74, 6) is 0.00130. The molecule has 0 aliphatic heterocycles. The monoisotopic (exact) mass is 139 g/mol. The van der Waals surface area contributed by atoms with E-state index >= 15 is 0 Å². The standard InChI is InChI=1S/C7H9NO2/c1-2-7(9)8-6-3-4-10-5-6/h3-5H,2H2,1H3,(H,8,9). The van der Waals surface area contributed by atoms with E-state index in [4.69, 9.17) is 4.42 Å². The van der Waals surface area contributed by atoms with Crippen LogP contribution in [0, 0.1) is 0 Å². The molecule has 0 bridgehead atoms. The Morgan fingerprint density at radius 3 is 3.10 bits per heavy atom. The Bertz CT molecular complexity index is 203. The minimum atomic E-state index is 0.00130. The first kappa shape index (κ1) is 6.86. The summed E-state index contributed by atoms with van der Waals surface area (Å²) in [5, 5.41) is 2.64. The molecule has 1 amide bonds. The van der Waals surface area contributed by atoms with Crippen molar-refractivity contribution in [3.63, 3.8) is 0 Å². The van der Waals surface area contributed by atoms with Gasteiger partial charge in [0.05, 0.1) is 12.0 Å². The molecule has 0 saturated carbocycles. The quantitative estimate of drug-likeness (QED) is 0.676. The highest BCUT2D eigenvalue weighted by atomic mass is 16.3. The number of anilines is 1. The van der Waals surface area contributed by atoms with Gasteiger partial charge in [-0.1, -0.05) is 6.92 Å². The predicted octanol–water partition coefficient (Wildman–Crippen LogP) is 1.63. The van der Waals surface area contributed by atoms with Gasteiger partial charge in [0.25, 0.3) is 0 Å². The molecule has 0 radical (unpaired) electrons. The summed E-state index contributed by atoms with van der Waals surface area (Å²) in [6, 6.07) is 1.70. The molecule has 3 heteroatoms. The number of nitrogens with one attached hydrogen (secondary N) is 1. The molecule has 1 N–H and O–H groups in total. The van der Waals surface area contributed by atoms with Crippen molar-refractivity contribution < 1.29 is 9.21 Å². The van der Waals surface area contributed by atoms with Crippen molar-refractivity contribution in [3.05, 3.63) is 18.6 Å². The van der Waals surface area contributed by atoms with Crippen LogP contribution in [0.2, 0.25) is 0 Å². The van der Waals surface area contributed by atoms with Gasteiger partial charge in [0.15, 0.2) is 0 Å². The first-order valence-corrected chi connectivity index (χ1v) is 3.15. The third kappa shape index (κ3) is 1.62. The molecule has 0 fully saturated rings. The fourth-order valence-corrected chi connectivity index (χ4v) is 0.585. The molecule has 54 valence electrons. The zero-order valence-electron chi connectivity index (χ0n) is 5.76. The van der Waals surface area contributed by atoms with Crippen molar-refractivity contribution in [1.29, 1.82) is 0 Å². The summed E-state index contributed by atoms with van der Waals surface area (Å²) in [6.45, 7) is 1.80. The highest BCUT2D eigenvalue weighted by Crippen LogP contribution is 2.06. The molecular weight excluding hydrogens is 130 g/mol. The molecular formula is C7H9NO2. The van der Waals surface area contributed by atoms with Gasteiger partial charge in [-0.3, -0.25) is 4.79 Å². The van der Waals surface area contributed by atoms with E-state index in [0.717, 1.165) is 0 Å². The van der Waals surface area contributed by atoms with Crippen molar-refractivity contribution in [2.45, 2.75) is 13.3 Å². The van der Waals surface area contributed by atoms with E-state index in [1.807, 2.05) is 0 Å². The Morgan fingerprint density at radius 1 is 1.80 bits per heavy atom. The molecule has 3 nitrogen and oxygen atoms in total. The molecule has 1 heterocycles. The maximum atomic E-state index is 10.7. The van der Waals surface area contributed by atoms with E-state index in [0.29, 0.717) is 12.1 Å². The lowest BCUT2D eigenvalue weighted by Crippen LogP contribution is -2.08. The second-order valence-electron chi connectivity index (χ2n) is 1.91. The van der Waals surface area contributed by atoms with Gasteiger partial charge in [-0.05, 0) is 6.07 Å². The molecule has 0 spiro atoms. The number of rotatable bonds is 2. The molecule has 0 unspecified atom stereocenters. The van der Waals surface area contributed by atoms with E-state index in [-0.39, 0.29) is 5.91 Å². The van der Waals surface area contributed by atoms with E-state index in [1.54, 1.807) is 13.0 Å². The van der Waals surface area contributed by atoms with Crippen LogP contribution >= 0.6 is 0 Å². The van der Waals surface area contributed by atoms with Crippen molar-refractivity contribution >= 4 is 11.6 Å². The highest BCUT2D eigenvalue weighted by molar-refractivity contribution is 5.90. The fraction of sp³-hybridized carbons (Fsp3) is 0.286. The van der Waals surface area contributed by atoms with Gasteiger partial charge in [-0.2, -0.15) is 0 Å². The molecule has 1 aromatic heterocycles. The average Bonchev–Trinajstić information content (AvgIpc) is 2.40. The Labute approximate surface area is 59.0 Å². The van der Waals surface area contributed by atoms with Gasteiger partial charge in [-0.25, -0.2) is 0 Å². The van der Waals surface area contributed by atoms with Gasteiger partial charge in [0, 0.05) is 6.42 Å². The van der Waals surface area contributed by atoms with Crippen LogP contribution in [0.4, 0.5) is 5.69 Å². The van der Waals surface area contributed by atoms with Gasteiger partial charge in [-0.15, -0.1) is 0 Å². The first-order valence-electron chi connectivity index (χ1n) is 3.15. The van der Waals surface area contributed by atoms with Crippen LogP contribution in [0.15, 0.2) is 23.0 Å². The lowest BCUT2D eigenvalue weighted by Gasteiger charge is -1.95. The summed E-state index contributed by atoms with van der Waals surface area (Å²) in [6.07, 6.45) is 3.50. The summed E-state index contributed by atoms with van der Waals surface area (Å²) < 4.78 is 4.75. The molecule has 0 aliphatic rings. The lowest BCUT2D eigenvalue weighted by molar-refractivity contribution is -0.115. The van der Waals surface area contributed by atoms with Crippen LogP contribution in [0.1, 0.15) is 13.3 Å². The smallest absolute Gasteiger partial charge is 0.224 e. The summed E-state index contributed by atoms with van der Waals surface area (Å²) in [4.78, 5) is 10.7. The van der Waals surface area contributed by atoms with Gasteiger partial charge < -0.3 is 9.73 Å². The Kier molecular flexibility index (Phi) is 2.10. The molecule has 0 atom stereocenters. The van der Waals surface area contributed by atoms with Gasteiger partial charge in [0.1, 0.15) is 6.26 Å². The van der Waals surface area contributed by atoms with Crippen LogP contribution in [0.5, 0.6) is 0 Å². The molecule has 10 heavy (non-hydrogen) atoms. The summed E-state index contributed by atoms with van der Waals surface area (Å²) in [5.41, 5.74) is 0.715. The number of carbonyl (C=O) groups is 1. The van der Waals surface area contributed by atoms with Gasteiger partial charge >= 0.3 is 0 Å². The summed E-state index contributed by atoms with van der Waals surface area (Å²) in [7, 11) is 0. The van der Waals surface area contributed by atoms with Crippen molar-refractivity contribution in [2.75, 3.05) is 5.32 Å². The highest BCUT2D eigenvalue weighted by Gasteiger charge is 1.97. The predicted molar refractivity (Wildman–Crippen MR) is 37.6 cm³/mol. The minimum Gasteiger partial charge on any atom is -0.470 e. The molecule has 1 aromatic rings. The number of carbonyl (C=O) groups excluding carboxylic acids is 1. The molecule has 1 rings (SSSR count). The molecule has 0 aromatic carbocycles. The van der Waals surface area contributed by atoms with Crippen molar-refractivity contribution in [1.82, 2.24) is 0 Å². The largest absolute Gasteiger partial charge is 0.470 e. The van der Waals surface area contributed by atoms with E-state index in [1.165, 1.54) is 12.5 Å². The summed E-state index contributed by atoms with van der Waals surface area (Å²) >= 11 is 0. The number of amides is 1. The second-order valence-corrected chi connectivity index (χ2v) is 1.91. The maximum absolute atomic E-state index is 10.7. The number of furan rings is 1.